The Morgan fingerprint density at radius 1 is 1.25 bits per heavy atom. The zero-order chi connectivity index (χ0) is 17.1. The number of carbonyl (C=O) groups is 1. The van der Waals surface area contributed by atoms with E-state index in [0.29, 0.717) is 5.75 Å². The van der Waals surface area contributed by atoms with Crippen LogP contribution in [0.5, 0.6) is 28.7 Å². The number of phenolic OH excluding ortho intramolecular Hbond substituents is 2. The number of aromatic hydroxyl groups is 2. The van der Waals surface area contributed by atoms with Gasteiger partial charge in [-0.05, 0) is 6.07 Å². The molecular formula is C17H14O7. The van der Waals surface area contributed by atoms with Crippen molar-refractivity contribution in [3.8, 4) is 28.7 Å². The lowest BCUT2D eigenvalue weighted by molar-refractivity contribution is -0.0801. The van der Waals surface area contributed by atoms with E-state index in [-0.39, 0.29) is 35.0 Å². The lowest BCUT2D eigenvalue weighted by Crippen LogP contribution is -2.57. The van der Waals surface area contributed by atoms with Crippen LogP contribution < -0.4 is 14.2 Å². The van der Waals surface area contributed by atoms with Crippen LogP contribution in [0.25, 0.3) is 0 Å². The van der Waals surface area contributed by atoms with E-state index in [1.54, 1.807) is 24.3 Å². The third-order valence-electron chi connectivity index (χ3n) is 4.40. The maximum Gasteiger partial charge on any atom is 0.210 e. The zero-order valence-electron chi connectivity index (χ0n) is 12.6. The van der Waals surface area contributed by atoms with Crippen LogP contribution >= 0.6 is 0 Å². The molecule has 0 spiro atoms. The third kappa shape index (κ3) is 1.67. The Morgan fingerprint density at radius 3 is 2.75 bits per heavy atom. The highest BCUT2D eigenvalue weighted by Crippen LogP contribution is 2.52. The summed E-state index contributed by atoms with van der Waals surface area (Å²) in [4.78, 5) is 13.1. The topological polar surface area (TPSA) is 105 Å². The third-order valence-corrected chi connectivity index (χ3v) is 4.40. The highest BCUT2D eigenvalue weighted by atomic mass is 16.6. The summed E-state index contributed by atoms with van der Waals surface area (Å²) in [7, 11) is 1.25. The summed E-state index contributed by atoms with van der Waals surface area (Å²) in [6.45, 7) is -0.0494. The van der Waals surface area contributed by atoms with Crippen molar-refractivity contribution in [3.63, 3.8) is 0 Å². The fourth-order valence-electron chi connectivity index (χ4n) is 3.23. The first-order valence-corrected chi connectivity index (χ1v) is 7.27. The van der Waals surface area contributed by atoms with Crippen LogP contribution in [0.15, 0.2) is 30.3 Å². The largest absolute Gasteiger partial charge is 0.504 e. The molecule has 0 bridgehead atoms. The van der Waals surface area contributed by atoms with E-state index in [1.165, 1.54) is 13.2 Å². The lowest BCUT2D eigenvalue weighted by Gasteiger charge is -2.43. The van der Waals surface area contributed by atoms with Gasteiger partial charge in [0.05, 0.1) is 7.11 Å². The van der Waals surface area contributed by atoms with Gasteiger partial charge in [0.15, 0.2) is 23.2 Å². The van der Waals surface area contributed by atoms with Crippen LogP contribution in [0.4, 0.5) is 0 Å². The van der Waals surface area contributed by atoms with Gasteiger partial charge in [-0.3, -0.25) is 4.79 Å². The standard InChI is InChI=1S/C17H14O7/c1-22-15-9(18)6-11-13(14(15)19)16(20)17(21)8-4-2-3-5-10(8)23-7-12(17)24-11/h2-6,12,18-19,21H,7H2,1H3/t12-,17+/m0/s1. The molecule has 124 valence electrons. The summed E-state index contributed by atoms with van der Waals surface area (Å²) < 4.78 is 16.1. The number of hydrogen-bond donors (Lipinski definition) is 3. The predicted molar refractivity (Wildman–Crippen MR) is 80.9 cm³/mol. The highest BCUT2D eigenvalue weighted by Gasteiger charge is 2.56. The number of hydrogen-bond acceptors (Lipinski definition) is 7. The van der Waals surface area contributed by atoms with Gasteiger partial charge in [-0.1, -0.05) is 18.2 Å². The number of ether oxygens (including phenoxy) is 3. The Balaban J connectivity index is 1.96. The second kappa shape index (κ2) is 4.78. The van der Waals surface area contributed by atoms with E-state index in [0.717, 1.165) is 0 Å². The minimum absolute atomic E-state index is 0.0338. The molecule has 0 aliphatic carbocycles. The first-order chi connectivity index (χ1) is 11.5. The Labute approximate surface area is 136 Å². The summed E-state index contributed by atoms with van der Waals surface area (Å²) in [5.74, 6) is -1.60. The molecule has 0 saturated heterocycles. The van der Waals surface area contributed by atoms with E-state index in [4.69, 9.17) is 14.2 Å². The number of ketones is 1. The molecule has 7 heteroatoms. The van der Waals surface area contributed by atoms with Crippen molar-refractivity contribution >= 4 is 5.78 Å². The molecule has 2 heterocycles. The fourth-order valence-corrected chi connectivity index (χ4v) is 3.23. The minimum Gasteiger partial charge on any atom is -0.504 e. The van der Waals surface area contributed by atoms with Gasteiger partial charge in [0.1, 0.15) is 23.7 Å². The molecule has 7 nitrogen and oxygen atoms in total. The first kappa shape index (κ1) is 14.6. The van der Waals surface area contributed by atoms with Gasteiger partial charge in [-0.2, -0.15) is 0 Å². The number of rotatable bonds is 1. The van der Waals surface area contributed by atoms with E-state index >= 15 is 0 Å². The predicted octanol–water partition coefficient (Wildman–Crippen LogP) is 1.33. The second-order valence-electron chi connectivity index (χ2n) is 5.66. The molecule has 3 N–H and O–H groups in total. The van der Waals surface area contributed by atoms with Crippen LogP contribution in [0, 0.1) is 0 Å². The Bertz CT molecular complexity index is 860. The van der Waals surface area contributed by atoms with Crippen molar-refractivity contribution in [1.29, 1.82) is 0 Å². The molecule has 0 aromatic heterocycles. The van der Waals surface area contributed by atoms with E-state index in [1.807, 2.05) is 0 Å². The number of carbonyl (C=O) groups excluding carboxylic acids is 1. The highest BCUT2D eigenvalue weighted by molar-refractivity contribution is 6.09. The monoisotopic (exact) mass is 330 g/mol. The van der Waals surface area contributed by atoms with Gasteiger partial charge < -0.3 is 29.5 Å². The molecule has 0 radical (unpaired) electrons. The van der Waals surface area contributed by atoms with Gasteiger partial charge in [-0.15, -0.1) is 0 Å². The molecule has 0 unspecified atom stereocenters. The van der Waals surface area contributed by atoms with Crippen LogP contribution in [0.3, 0.4) is 0 Å². The summed E-state index contributed by atoms with van der Waals surface area (Å²) in [6.07, 6.45) is -1.00. The minimum atomic E-state index is -2.00. The van der Waals surface area contributed by atoms with Crippen molar-refractivity contribution in [3.05, 3.63) is 41.5 Å². The van der Waals surface area contributed by atoms with Crippen molar-refractivity contribution in [2.24, 2.45) is 0 Å². The van der Waals surface area contributed by atoms with Crippen LogP contribution in [-0.4, -0.2) is 40.9 Å². The van der Waals surface area contributed by atoms with E-state index in [2.05, 4.69) is 0 Å². The number of fused-ring (bicyclic) bond motifs is 4. The van der Waals surface area contributed by atoms with Crippen LogP contribution in [0.1, 0.15) is 15.9 Å². The maximum absolute atomic E-state index is 13.1. The van der Waals surface area contributed by atoms with Gasteiger partial charge in [-0.25, -0.2) is 0 Å². The molecule has 2 aliphatic heterocycles. The SMILES string of the molecule is COc1c(O)cc2c(c1O)C(=O)[C@@]1(O)c3ccccc3OC[C@@H]1O2. The molecule has 0 saturated carbocycles. The fraction of sp³-hybridized carbons (Fsp3) is 0.235. The van der Waals surface area contributed by atoms with Crippen molar-refractivity contribution in [2.75, 3.05) is 13.7 Å². The first-order valence-electron chi connectivity index (χ1n) is 7.27. The number of aliphatic hydroxyl groups is 1. The quantitative estimate of drug-likeness (QED) is 0.724. The van der Waals surface area contributed by atoms with Crippen molar-refractivity contribution in [2.45, 2.75) is 11.7 Å². The van der Waals surface area contributed by atoms with E-state index in [9.17, 15) is 20.1 Å². The summed E-state index contributed by atoms with van der Waals surface area (Å²) >= 11 is 0. The number of phenols is 2. The lowest BCUT2D eigenvalue weighted by atomic mass is 9.77. The number of Topliss-reactive ketones (excluding diaryl/α,β-unsaturated/α-hetero) is 1. The number of benzene rings is 2. The number of methoxy groups -OCH3 is 1. The molecule has 4 rings (SSSR count). The Morgan fingerprint density at radius 2 is 2.00 bits per heavy atom. The molecule has 0 fully saturated rings. The number of para-hydroxylation sites is 1. The molecule has 2 aromatic rings. The maximum atomic E-state index is 13.1. The molecule has 0 amide bonds. The van der Waals surface area contributed by atoms with Crippen LogP contribution in [0.2, 0.25) is 0 Å². The molecule has 2 aliphatic rings. The summed E-state index contributed by atoms with van der Waals surface area (Å²) in [5.41, 5.74) is -1.97. The zero-order valence-corrected chi connectivity index (χ0v) is 12.6. The average molecular weight is 330 g/mol. The molecule has 24 heavy (non-hydrogen) atoms. The molecule has 2 atom stereocenters. The van der Waals surface area contributed by atoms with Gasteiger partial charge in [0.25, 0.3) is 0 Å². The Hall–Kier alpha value is -2.93. The average Bonchev–Trinajstić information content (AvgIpc) is 2.57. The summed E-state index contributed by atoms with van der Waals surface area (Å²) in [5, 5.41) is 31.3. The summed E-state index contributed by atoms with van der Waals surface area (Å²) in [6, 6.07) is 7.78. The van der Waals surface area contributed by atoms with E-state index < -0.39 is 23.2 Å². The normalized spacial score (nSPS) is 24.1. The second-order valence-corrected chi connectivity index (χ2v) is 5.66. The van der Waals surface area contributed by atoms with Crippen LogP contribution in [-0.2, 0) is 5.60 Å². The Kier molecular flexibility index (Phi) is 2.92. The van der Waals surface area contributed by atoms with Crippen molar-refractivity contribution in [1.82, 2.24) is 0 Å². The van der Waals surface area contributed by atoms with Gasteiger partial charge in [0, 0.05) is 11.6 Å². The van der Waals surface area contributed by atoms with Gasteiger partial charge in [0.2, 0.25) is 11.5 Å². The smallest absolute Gasteiger partial charge is 0.210 e. The molecular weight excluding hydrogens is 316 g/mol. The van der Waals surface area contributed by atoms with Crippen molar-refractivity contribution < 1.29 is 34.3 Å². The van der Waals surface area contributed by atoms with Gasteiger partial charge >= 0.3 is 0 Å². The molecule has 2 aromatic carbocycles.